The first-order valence-electron chi connectivity index (χ1n) is 5.08. The maximum atomic E-state index is 11.7. The standard InChI is InChI=1S/C12H13NO3/c1-7-3-4-10-9(5-7)12(16,6-8(2)14)11(15)13-10/h3-5,16H,6H2,1-2H3,(H,13,15)/t12-/m0/s1. The molecule has 0 saturated heterocycles. The maximum absolute atomic E-state index is 11.7. The lowest BCUT2D eigenvalue weighted by Gasteiger charge is -2.19. The van der Waals surface area contributed by atoms with Gasteiger partial charge in [0.25, 0.3) is 5.91 Å². The number of carbonyl (C=O) groups excluding carboxylic acids is 2. The van der Waals surface area contributed by atoms with Gasteiger partial charge in [-0.1, -0.05) is 17.7 Å². The monoisotopic (exact) mass is 219 g/mol. The molecule has 0 aromatic heterocycles. The predicted octanol–water partition coefficient (Wildman–Crippen LogP) is 1.11. The molecule has 4 heteroatoms. The fourth-order valence-electron chi connectivity index (χ4n) is 1.99. The van der Waals surface area contributed by atoms with Gasteiger partial charge in [0, 0.05) is 17.7 Å². The Morgan fingerprint density at radius 2 is 2.19 bits per heavy atom. The minimum atomic E-state index is -1.70. The molecular formula is C12H13NO3. The Morgan fingerprint density at radius 1 is 1.50 bits per heavy atom. The number of aryl methyl sites for hydroxylation is 1. The van der Waals surface area contributed by atoms with Gasteiger partial charge in [-0.2, -0.15) is 0 Å². The highest BCUT2D eigenvalue weighted by Crippen LogP contribution is 2.38. The first-order valence-corrected chi connectivity index (χ1v) is 5.08. The maximum Gasteiger partial charge on any atom is 0.261 e. The van der Waals surface area contributed by atoms with E-state index in [0.717, 1.165) is 5.56 Å². The molecule has 0 spiro atoms. The van der Waals surface area contributed by atoms with E-state index in [1.807, 2.05) is 13.0 Å². The average molecular weight is 219 g/mol. The van der Waals surface area contributed by atoms with Crippen molar-refractivity contribution in [3.63, 3.8) is 0 Å². The van der Waals surface area contributed by atoms with Crippen LogP contribution in [-0.4, -0.2) is 16.8 Å². The quantitative estimate of drug-likeness (QED) is 0.783. The molecular weight excluding hydrogens is 206 g/mol. The van der Waals surface area contributed by atoms with E-state index < -0.39 is 11.5 Å². The molecule has 1 aliphatic rings. The number of hydrogen-bond donors (Lipinski definition) is 2. The third-order valence-electron chi connectivity index (χ3n) is 2.75. The second kappa shape index (κ2) is 3.42. The summed E-state index contributed by atoms with van der Waals surface area (Å²) >= 11 is 0. The molecule has 1 amide bonds. The van der Waals surface area contributed by atoms with Gasteiger partial charge in [-0.3, -0.25) is 9.59 Å². The van der Waals surface area contributed by atoms with Crippen LogP contribution in [0.2, 0.25) is 0 Å². The van der Waals surface area contributed by atoms with Gasteiger partial charge in [-0.05, 0) is 19.9 Å². The van der Waals surface area contributed by atoms with Crippen LogP contribution in [0.3, 0.4) is 0 Å². The molecule has 1 aromatic rings. The van der Waals surface area contributed by atoms with Gasteiger partial charge in [0.05, 0.1) is 0 Å². The third-order valence-corrected chi connectivity index (χ3v) is 2.75. The molecule has 1 aromatic carbocycles. The van der Waals surface area contributed by atoms with Crippen molar-refractivity contribution in [1.82, 2.24) is 0 Å². The third kappa shape index (κ3) is 1.51. The van der Waals surface area contributed by atoms with E-state index in [1.54, 1.807) is 12.1 Å². The average Bonchev–Trinajstić information content (AvgIpc) is 2.40. The Bertz CT molecular complexity index is 481. The number of Topliss-reactive ketones (excluding diaryl/α,β-unsaturated/α-hetero) is 1. The molecule has 0 saturated carbocycles. The van der Waals surface area contributed by atoms with Crippen molar-refractivity contribution >= 4 is 17.4 Å². The second-order valence-electron chi connectivity index (χ2n) is 4.24. The summed E-state index contributed by atoms with van der Waals surface area (Å²) < 4.78 is 0. The lowest BCUT2D eigenvalue weighted by molar-refractivity contribution is -0.139. The summed E-state index contributed by atoms with van der Waals surface area (Å²) in [6.45, 7) is 3.23. The van der Waals surface area contributed by atoms with Crippen LogP contribution in [0.1, 0.15) is 24.5 Å². The van der Waals surface area contributed by atoms with Crippen LogP contribution < -0.4 is 5.32 Å². The van der Waals surface area contributed by atoms with E-state index in [0.29, 0.717) is 11.3 Å². The Morgan fingerprint density at radius 3 is 2.81 bits per heavy atom. The predicted molar refractivity (Wildman–Crippen MR) is 59.0 cm³/mol. The van der Waals surface area contributed by atoms with Crippen LogP contribution >= 0.6 is 0 Å². The van der Waals surface area contributed by atoms with E-state index in [1.165, 1.54) is 6.92 Å². The van der Waals surface area contributed by atoms with Gasteiger partial charge in [-0.15, -0.1) is 0 Å². The van der Waals surface area contributed by atoms with Crippen LogP contribution in [-0.2, 0) is 15.2 Å². The van der Waals surface area contributed by atoms with Crippen molar-refractivity contribution in [3.05, 3.63) is 29.3 Å². The van der Waals surface area contributed by atoms with E-state index in [9.17, 15) is 14.7 Å². The number of nitrogens with one attached hydrogen (secondary N) is 1. The highest BCUT2D eigenvalue weighted by atomic mass is 16.3. The molecule has 0 bridgehead atoms. The Balaban J connectivity index is 2.53. The number of anilines is 1. The van der Waals surface area contributed by atoms with Crippen molar-refractivity contribution in [2.24, 2.45) is 0 Å². The number of carbonyl (C=O) groups is 2. The van der Waals surface area contributed by atoms with Gasteiger partial charge in [-0.25, -0.2) is 0 Å². The van der Waals surface area contributed by atoms with E-state index in [4.69, 9.17) is 0 Å². The molecule has 84 valence electrons. The molecule has 2 N–H and O–H groups in total. The van der Waals surface area contributed by atoms with Gasteiger partial charge in [0.15, 0.2) is 5.60 Å². The van der Waals surface area contributed by atoms with Crippen molar-refractivity contribution in [1.29, 1.82) is 0 Å². The zero-order valence-corrected chi connectivity index (χ0v) is 9.20. The summed E-state index contributed by atoms with van der Waals surface area (Å²) in [5, 5.41) is 12.9. The fourth-order valence-corrected chi connectivity index (χ4v) is 1.99. The lowest BCUT2D eigenvalue weighted by atomic mass is 9.89. The summed E-state index contributed by atoms with van der Waals surface area (Å²) in [5.41, 5.74) is 0.317. The van der Waals surface area contributed by atoms with Crippen molar-refractivity contribution in [3.8, 4) is 0 Å². The first kappa shape index (κ1) is 10.8. The Hall–Kier alpha value is -1.68. The molecule has 4 nitrogen and oxygen atoms in total. The summed E-state index contributed by atoms with van der Waals surface area (Å²) in [6.07, 6.45) is -0.185. The SMILES string of the molecule is CC(=O)C[C@@]1(O)C(=O)Nc2ccc(C)cc21. The number of fused-ring (bicyclic) bond motifs is 1. The highest BCUT2D eigenvalue weighted by molar-refractivity contribution is 6.07. The number of aliphatic hydroxyl groups is 1. The van der Waals surface area contributed by atoms with Gasteiger partial charge >= 0.3 is 0 Å². The number of benzene rings is 1. The molecule has 1 atom stereocenters. The largest absolute Gasteiger partial charge is 0.375 e. The fraction of sp³-hybridized carbons (Fsp3) is 0.333. The van der Waals surface area contributed by atoms with E-state index in [-0.39, 0.29) is 12.2 Å². The zero-order valence-electron chi connectivity index (χ0n) is 9.20. The topological polar surface area (TPSA) is 66.4 Å². The lowest BCUT2D eigenvalue weighted by Crippen LogP contribution is -2.36. The minimum absolute atomic E-state index is 0.185. The van der Waals surface area contributed by atoms with Gasteiger partial charge in [0.2, 0.25) is 0 Å². The molecule has 16 heavy (non-hydrogen) atoms. The normalized spacial score (nSPS) is 22.8. The Kier molecular flexibility index (Phi) is 2.31. The van der Waals surface area contributed by atoms with E-state index in [2.05, 4.69) is 5.32 Å². The summed E-state index contributed by atoms with van der Waals surface area (Å²) in [5.74, 6) is -0.740. The number of hydrogen-bond acceptors (Lipinski definition) is 3. The molecule has 0 unspecified atom stereocenters. The van der Waals surface area contributed by atoms with Crippen molar-refractivity contribution in [2.45, 2.75) is 25.9 Å². The van der Waals surface area contributed by atoms with E-state index >= 15 is 0 Å². The van der Waals surface area contributed by atoms with Crippen molar-refractivity contribution < 1.29 is 14.7 Å². The summed E-state index contributed by atoms with van der Waals surface area (Å²) in [4.78, 5) is 22.8. The molecule has 0 radical (unpaired) electrons. The molecule has 0 fully saturated rings. The number of ketones is 1. The molecule has 1 aliphatic heterocycles. The smallest absolute Gasteiger partial charge is 0.261 e. The van der Waals surface area contributed by atoms with Crippen molar-refractivity contribution in [2.75, 3.05) is 5.32 Å². The summed E-state index contributed by atoms with van der Waals surface area (Å²) in [7, 11) is 0. The number of rotatable bonds is 2. The first-order chi connectivity index (χ1) is 7.43. The van der Waals surface area contributed by atoms with Crippen LogP contribution in [0.25, 0.3) is 0 Å². The Labute approximate surface area is 93.3 Å². The molecule has 0 aliphatic carbocycles. The molecule has 2 rings (SSSR count). The summed E-state index contributed by atoms with van der Waals surface area (Å²) in [6, 6.07) is 5.31. The van der Waals surface area contributed by atoms with Crippen LogP contribution in [0, 0.1) is 6.92 Å². The highest BCUT2D eigenvalue weighted by Gasteiger charge is 2.45. The minimum Gasteiger partial charge on any atom is -0.375 e. The zero-order chi connectivity index (χ0) is 11.9. The van der Waals surface area contributed by atoms with Gasteiger partial charge in [0.1, 0.15) is 5.78 Å². The van der Waals surface area contributed by atoms with Crippen LogP contribution in [0.15, 0.2) is 18.2 Å². The van der Waals surface area contributed by atoms with Crippen LogP contribution in [0.4, 0.5) is 5.69 Å². The number of amides is 1. The second-order valence-corrected chi connectivity index (χ2v) is 4.24. The molecule has 1 heterocycles. The van der Waals surface area contributed by atoms with Crippen LogP contribution in [0.5, 0.6) is 0 Å². The van der Waals surface area contributed by atoms with Gasteiger partial charge < -0.3 is 10.4 Å².